The Hall–Kier alpha value is -3.11. The van der Waals surface area contributed by atoms with Gasteiger partial charge in [0.1, 0.15) is 11.5 Å². The highest BCUT2D eigenvalue weighted by atomic mass is 35.5. The van der Waals surface area contributed by atoms with Gasteiger partial charge in [0.05, 0.1) is 6.54 Å². The van der Waals surface area contributed by atoms with Gasteiger partial charge in [0.2, 0.25) is 0 Å². The zero-order valence-corrected chi connectivity index (χ0v) is 17.7. The maximum atomic E-state index is 14.4. The van der Waals surface area contributed by atoms with Gasteiger partial charge >= 0.3 is 0 Å². The maximum Gasteiger partial charge on any atom is 0.271 e. The fourth-order valence-corrected chi connectivity index (χ4v) is 4.17. The molecule has 1 aliphatic carbocycles. The van der Waals surface area contributed by atoms with E-state index in [1.54, 1.807) is 12.1 Å². The van der Waals surface area contributed by atoms with Gasteiger partial charge in [0.25, 0.3) is 5.91 Å². The molecule has 5 rings (SSSR count). The highest BCUT2D eigenvalue weighted by Crippen LogP contribution is 2.32. The Bertz CT molecular complexity index is 1240. The summed E-state index contributed by atoms with van der Waals surface area (Å²) in [5.74, 6) is -0.288. The van der Waals surface area contributed by atoms with Crippen molar-refractivity contribution in [2.24, 2.45) is 0 Å². The van der Waals surface area contributed by atoms with Crippen LogP contribution in [0.2, 0.25) is 5.02 Å². The van der Waals surface area contributed by atoms with Crippen LogP contribution in [0.25, 0.3) is 10.9 Å². The van der Waals surface area contributed by atoms with Crippen molar-refractivity contribution in [1.29, 1.82) is 0 Å². The molecule has 31 heavy (non-hydrogen) atoms. The third kappa shape index (κ3) is 4.08. The molecule has 3 aromatic carbocycles. The molecule has 1 aliphatic rings. The number of hydrogen-bond donors (Lipinski definition) is 0. The molecular formula is C26H22ClFN2O. The van der Waals surface area contributed by atoms with E-state index >= 15 is 0 Å². The molecule has 1 heterocycles. The number of para-hydroxylation sites is 1. The van der Waals surface area contributed by atoms with E-state index in [1.165, 1.54) is 6.07 Å². The second kappa shape index (κ2) is 8.20. The van der Waals surface area contributed by atoms with E-state index in [2.05, 4.69) is 0 Å². The zero-order valence-electron chi connectivity index (χ0n) is 17.0. The molecule has 156 valence electrons. The molecule has 3 nitrogen and oxygen atoms in total. The topological polar surface area (TPSA) is 25.2 Å². The third-order valence-electron chi connectivity index (χ3n) is 5.83. The van der Waals surface area contributed by atoms with Crippen LogP contribution in [-0.2, 0) is 13.1 Å². The Morgan fingerprint density at radius 1 is 1.00 bits per heavy atom. The zero-order chi connectivity index (χ0) is 21.4. The smallest absolute Gasteiger partial charge is 0.271 e. The summed E-state index contributed by atoms with van der Waals surface area (Å²) in [6.45, 7) is 0.836. The molecule has 0 N–H and O–H groups in total. The monoisotopic (exact) mass is 432 g/mol. The van der Waals surface area contributed by atoms with Gasteiger partial charge in [-0.15, -0.1) is 0 Å². The lowest BCUT2D eigenvalue weighted by Crippen LogP contribution is -2.34. The standard InChI is InChI=1S/C26H22ClFN2O/c27-21-11-9-18(10-12-21)16-29(22-13-14-22)26(31)25-15-19-5-2-4-8-24(19)30(25)17-20-6-1-3-7-23(20)28/h1-12,15,22H,13-14,16-17H2. The SMILES string of the molecule is O=C(c1cc2ccccc2n1Cc1ccccc1F)N(Cc1ccc(Cl)cc1)C1CC1. The first-order valence-corrected chi connectivity index (χ1v) is 10.8. The number of fused-ring (bicyclic) bond motifs is 1. The first-order valence-electron chi connectivity index (χ1n) is 10.5. The first-order chi connectivity index (χ1) is 15.1. The van der Waals surface area contributed by atoms with E-state index in [0.29, 0.717) is 29.4 Å². The normalized spacial score (nSPS) is 13.5. The number of benzene rings is 3. The van der Waals surface area contributed by atoms with Gasteiger partial charge in [-0.25, -0.2) is 4.39 Å². The Balaban J connectivity index is 1.54. The highest BCUT2D eigenvalue weighted by Gasteiger charge is 2.34. The molecule has 0 unspecified atom stereocenters. The molecule has 1 saturated carbocycles. The molecule has 1 amide bonds. The fourth-order valence-electron chi connectivity index (χ4n) is 4.04. The summed E-state index contributed by atoms with van der Waals surface area (Å²) in [5.41, 5.74) is 3.12. The third-order valence-corrected chi connectivity index (χ3v) is 6.08. The van der Waals surface area contributed by atoms with Crippen molar-refractivity contribution in [1.82, 2.24) is 9.47 Å². The number of carbonyl (C=O) groups is 1. The average molecular weight is 433 g/mol. The molecular weight excluding hydrogens is 411 g/mol. The number of rotatable bonds is 6. The molecule has 0 radical (unpaired) electrons. The summed E-state index contributed by atoms with van der Waals surface area (Å²) in [6.07, 6.45) is 2.01. The quantitative estimate of drug-likeness (QED) is 0.351. The van der Waals surface area contributed by atoms with Gasteiger partial charge in [0, 0.05) is 34.1 Å². The minimum Gasteiger partial charge on any atom is -0.332 e. The lowest BCUT2D eigenvalue weighted by atomic mass is 10.2. The Morgan fingerprint density at radius 2 is 1.71 bits per heavy atom. The molecule has 5 heteroatoms. The van der Waals surface area contributed by atoms with Crippen molar-refractivity contribution < 1.29 is 9.18 Å². The second-order valence-corrected chi connectivity index (χ2v) is 8.49. The molecule has 0 spiro atoms. The predicted octanol–water partition coefficient (Wildman–Crippen LogP) is 6.29. The van der Waals surface area contributed by atoms with Gasteiger partial charge in [-0.3, -0.25) is 4.79 Å². The number of hydrogen-bond acceptors (Lipinski definition) is 1. The van der Waals surface area contributed by atoms with Crippen LogP contribution in [-0.4, -0.2) is 21.4 Å². The van der Waals surface area contributed by atoms with E-state index in [4.69, 9.17) is 11.6 Å². The second-order valence-electron chi connectivity index (χ2n) is 8.06. The van der Waals surface area contributed by atoms with E-state index in [-0.39, 0.29) is 17.8 Å². The van der Waals surface area contributed by atoms with Crippen LogP contribution in [0.15, 0.2) is 78.9 Å². The van der Waals surface area contributed by atoms with Crippen LogP contribution in [0, 0.1) is 5.82 Å². The van der Waals surface area contributed by atoms with Gasteiger partial charge in [-0.05, 0) is 48.7 Å². The molecule has 4 aromatic rings. The number of amides is 1. The van der Waals surface area contributed by atoms with E-state index in [1.807, 2.05) is 70.1 Å². The predicted molar refractivity (Wildman–Crippen MR) is 122 cm³/mol. The van der Waals surface area contributed by atoms with E-state index in [9.17, 15) is 9.18 Å². The van der Waals surface area contributed by atoms with Gasteiger partial charge < -0.3 is 9.47 Å². The number of aromatic nitrogens is 1. The van der Waals surface area contributed by atoms with Gasteiger partial charge in [0.15, 0.2) is 0 Å². The van der Waals surface area contributed by atoms with Crippen LogP contribution < -0.4 is 0 Å². The van der Waals surface area contributed by atoms with Crippen molar-refractivity contribution in [3.8, 4) is 0 Å². The Labute approximate surface area is 185 Å². The van der Waals surface area contributed by atoms with Crippen LogP contribution >= 0.6 is 11.6 Å². The minimum absolute atomic E-state index is 0.0232. The lowest BCUT2D eigenvalue weighted by Gasteiger charge is -2.24. The molecule has 1 fully saturated rings. The summed E-state index contributed by atoms with van der Waals surface area (Å²) in [6, 6.07) is 24.4. The van der Waals surface area contributed by atoms with Crippen molar-refractivity contribution >= 4 is 28.4 Å². The van der Waals surface area contributed by atoms with Crippen molar-refractivity contribution in [3.63, 3.8) is 0 Å². The molecule has 0 saturated heterocycles. The van der Waals surface area contributed by atoms with Crippen molar-refractivity contribution in [2.45, 2.75) is 32.0 Å². The van der Waals surface area contributed by atoms with Crippen LogP contribution in [0.3, 0.4) is 0 Å². The summed E-state index contributed by atoms with van der Waals surface area (Å²) in [4.78, 5) is 15.7. The molecule has 0 bridgehead atoms. The molecule has 0 atom stereocenters. The van der Waals surface area contributed by atoms with Gasteiger partial charge in [-0.1, -0.05) is 60.1 Å². The van der Waals surface area contributed by atoms with E-state index in [0.717, 1.165) is 29.3 Å². The summed E-state index contributed by atoms with van der Waals surface area (Å²) < 4.78 is 16.3. The molecule has 0 aliphatic heterocycles. The number of halogens is 2. The minimum atomic E-state index is -0.265. The van der Waals surface area contributed by atoms with Crippen LogP contribution in [0.4, 0.5) is 4.39 Å². The maximum absolute atomic E-state index is 14.4. The molecule has 1 aromatic heterocycles. The van der Waals surface area contributed by atoms with Gasteiger partial charge in [-0.2, -0.15) is 0 Å². The summed E-state index contributed by atoms with van der Waals surface area (Å²) in [7, 11) is 0. The average Bonchev–Trinajstić information content (AvgIpc) is 3.56. The Morgan fingerprint density at radius 3 is 2.45 bits per heavy atom. The highest BCUT2D eigenvalue weighted by molar-refractivity contribution is 6.30. The lowest BCUT2D eigenvalue weighted by molar-refractivity contribution is 0.0720. The number of carbonyl (C=O) groups excluding carboxylic acids is 1. The first kappa shape index (κ1) is 19.8. The van der Waals surface area contributed by atoms with E-state index < -0.39 is 0 Å². The van der Waals surface area contributed by atoms with Crippen molar-refractivity contribution in [2.75, 3.05) is 0 Å². The number of nitrogens with zero attached hydrogens (tertiary/aromatic N) is 2. The van der Waals surface area contributed by atoms with Crippen LogP contribution in [0.5, 0.6) is 0 Å². The van der Waals surface area contributed by atoms with Crippen LogP contribution in [0.1, 0.15) is 34.5 Å². The summed E-state index contributed by atoms with van der Waals surface area (Å²) in [5, 5.41) is 1.66. The largest absolute Gasteiger partial charge is 0.332 e. The Kier molecular flexibility index (Phi) is 5.24. The fraction of sp³-hybridized carbons (Fsp3) is 0.192. The van der Waals surface area contributed by atoms with Crippen molar-refractivity contribution in [3.05, 3.63) is 107 Å². The summed E-state index contributed by atoms with van der Waals surface area (Å²) >= 11 is 6.02.